The van der Waals surface area contributed by atoms with Crippen molar-refractivity contribution in [3.63, 3.8) is 0 Å². The van der Waals surface area contributed by atoms with Gasteiger partial charge in [0, 0.05) is 12.4 Å². The summed E-state index contributed by atoms with van der Waals surface area (Å²) in [5.41, 5.74) is 1.15. The Balaban J connectivity index is 1.80. The first-order valence-corrected chi connectivity index (χ1v) is 5.89. The Morgan fingerprint density at radius 1 is 1.62 bits per heavy atom. The highest BCUT2D eigenvalue weighted by atomic mass is 16.5. The largest absolute Gasteiger partial charge is 0.465 e. The minimum atomic E-state index is -0.0395. The molecule has 1 aliphatic rings. The van der Waals surface area contributed by atoms with E-state index in [1.165, 1.54) is 0 Å². The third kappa shape index (κ3) is 2.60. The Morgan fingerprint density at radius 2 is 2.50 bits per heavy atom. The van der Waals surface area contributed by atoms with E-state index in [-0.39, 0.29) is 11.9 Å². The molecule has 2 rings (SSSR count). The van der Waals surface area contributed by atoms with Crippen LogP contribution in [0.25, 0.3) is 0 Å². The number of carbonyl (C=O) groups is 1. The van der Waals surface area contributed by atoms with E-state index in [0.29, 0.717) is 12.5 Å². The van der Waals surface area contributed by atoms with Crippen LogP contribution in [0.4, 0.5) is 0 Å². The van der Waals surface area contributed by atoms with Crippen LogP contribution in [-0.4, -0.2) is 17.6 Å². The Hall–Kier alpha value is -1.38. The zero-order chi connectivity index (χ0) is 11.4. The molecule has 3 nitrogen and oxygen atoms in total. The number of ether oxygens (including phenoxy) is 1. The van der Waals surface area contributed by atoms with E-state index in [9.17, 15) is 4.79 Å². The lowest BCUT2D eigenvalue weighted by Crippen LogP contribution is -2.08. The van der Waals surface area contributed by atoms with Gasteiger partial charge in [-0.15, -0.1) is 0 Å². The van der Waals surface area contributed by atoms with Gasteiger partial charge in [-0.2, -0.15) is 0 Å². The lowest BCUT2D eigenvalue weighted by molar-refractivity contribution is -0.145. The lowest BCUT2D eigenvalue weighted by Gasteiger charge is -2.03. The van der Waals surface area contributed by atoms with Crippen LogP contribution >= 0.6 is 0 Å². The SMILES string of the molecule is CCCCOC(=O)C1CC1c1cccnc1. The molecule has 16 heavy (non-hydrogen) atoms. The van der Waals surface area contributed by atoms with Gasteiger partial charge in [0.15, 0.2) is 0 Å². The minimum absolute atomic E-state index is 0.0395. The maximum Gasteiger partial charge on any atom is 0.309 e. The third-order valence-electron chi connectivity index (χ3n) is 2.95. The molecule has 1 aromatic heterocycles. The maximum absolute atomic E-state index is 11.6. The number of hydrogen-bond acceptors (Lipinski definition) is 3. The number of rotatable bonds is 5. The quantitative estimate of drug-likeness (QED) is 0.564. The number of nitrogens with zero attached hydrogens (tertiary/aromatic N) is 1. The van der Waals surface area contributed by atoms with E-state index in [1.54, 1.807) is 6.20 Å². The standard InChI is InChI=1S/C13H17NO2/c1-2-3-7-16-13(15)12-8-11(12)10-5-4-6-14-9-10/h4-6,9,11-12H,2-3,7-8H2,1H3. The summed E-state index contributed by atoms with van der Waals surface area (Å²) in [6.45, 7) is 2.65. The fraction of sp³-hybridized carbons (Fsp3) is 0.538. The Labute approximate surface area is 95.8 Å². The highest BCUT2D eigenvalue weighted by Crippen LogP contribution is 2.47. The zero-order valence-corrected chi connectivity index (χ0v) is 9.56. The van der Waals surface area contributed by atoms with Crippen molar-refractivity contribution in [2.75, 3.05) is 6.61 Å². The molecule has 0 N–H and O–H groups in total. The molecule has 0 amide bonds. The molecule has 0 aliphatic heterocycles. The lowest BCUT2D eigenvalue weighted by atomic mass is 10.1. The van der Waals surface area contributed by atoms with Crippen molar-refractivity contribution in [1.82, 2.24) is 4.98 Å². The average Bonchev–Trinajstić information content (AvgIpc) is 3.10. The first-order chi connectivity index (χ1) is 7.83. The van der Waals surface area contributed by atoms with Gasteiger partial charge in [0.2, 0.25) is 0 Å². The number of unbranched alkanes of at least 4 members (excludes halogenated alkanes) is 1. The van der Waals surface area contributed by atoms with Gasteiger partial charge in [0.25, 0.3) is 0 Å². The van der Waals surface area contributed by atoms with Crippen LogP contribution in [0.3, 0.4) is 0 Å². The van der Waals surface area contributed by atoms with Crippen molar-refractivity contribution in [3.8, 4) is 0 Å². The summed E-state index contributed by atoms with van der Waals surface area (Å²) >= 11 is 0. The Kier molecular flexibility index (Phi) is 3.54. The molecule has 1 fully saturated rings. The second-order valence-electron chi connectivity index (χ2n) is 4.26. The topological polar surface area (TPSA) is 39.2 Å². The summed E-state index contributed by atoms with van der Waals surface area (Å²) in [5, 5.41) is 0. The fourth-order valence-corrected chi connectivity index (χ4v) is 1.84. The molecule has 1 aliphatic carbocycles. The molecule has 2 unspecified atom stereocenters. The summed E-state index contributed by atoms with van der Waals surface area (Å²) in [6.07, 6.45) is 6.51. The molecule has 0 radical (unpaired) electrons. The summed E-state index contributed by atoms with van der Waals surface area (Å²) in [5.74, 6) is 0.367. The van der Waals surface area contributed by atoms with Crippen molar-refractivity contribution in [3.05, 3.63) is 30.1 Å². The number of pyridine rings is 1. The van der Waals surface area contributed by atoms with Gasteiger partial charge in [0.1, 0.15) is 0 Å². The van der Waals surface area contributed by atoms with E-state index in [2.05, 4.69) is 11.9 Å². The highest BCUT2D eigenvalue weighted by molar-refractivity contribution is 5.77. The van der Waals surface area contributed by atoms with Gasteiger partial charge in [-0.05, 0) is 30.4 Å². The molecule has 1 saturated carbocycles. The first kappa shape index (κ1) is 11.1. The van der Waals surface area contributed by atoms with Gasteiger partial charge in [0.05, 0.1) is 12.5 Å². The molecule has 1 heterocycles. The van der Waals surface area contributed by atoms with Crippen molar-refractivity contribution in [2.24, 2.45) is 5.92 Å². The normalized spacial score (nSPS) is 22.8. The molecule has 2 atom stereocenters. The maximum atomic E-state index is 11.6. The van der Waals surface area contributed by atoms with Crippen LogP contribution in [0.1, 0.15) is 37.7 Å². The molecular weight excluding hydrogens is 202 g/mol. The summed E-state index contributed by atoms with van der Waals surface area (Å²) < 4.78 is 5.20. The van der Waals surface area contributed by atoms with Crippen molar-refractivity contribution < 1.29 is 9.53 Å². The third-order valence-corrected chi connectivity index (χ3v) is 2.95. The van der Waals surface area contributed by atoms with Gasteiger partial charge in [-0.3, -0.25) is 9.78 Å². The number of aromatic nitrogens is 1. The Bertz CT molecular complexity index is 350. The van der Waals surface area contributed by atoms with Crippen LogP contribution in [0, 0.1) is 5.92 Å². The van der Waals surface area contributed by atoms with Crippen LogP contribution in [0.2, 0.25) is 0 Å². The van der Waals surface area contributed by atoms with Crippen molar-refractivity contribution in [2.45, 2.75) is 32.1 Å². The van der Waals surface area contributed by atoms with E-state index in [1.807, 2.05) is 18.3 Å². The Morgan fingerprint density at radius 3 is 3.19 bits per heavy atom. The molecule has 0 saturated heterocycles. The molecular formula is C13H17NO2. The average molecular weight is 219 g/mol. The van der Waals surface area contributed by atoms with E-state index in [4.69, 9.17) is 4.74 Å². The minimum Gasteiger partial charge on any atom is -0.465 e. The predicted octanol–water partition coefficient (Wildman–Crippen LogP) is 2.53. The summed E-state index contributed by atoms with van der Waals surface area (Å²) in [6, 6.07) is 3.93. The van der Waals surface area contributed by atoms with E-state index in [0.717, 1.165) is 24.8 Å². The molecule has 1 aromatic rings. The number of carbonyl (C=O) groups excluding carboxylic acids is 1. The number of hydrogen-bond donors (Lipinski definition) is 0. The molecule has 0 bridgehead atoms. The van der Waals surface area contributed by atoms with E-state index < -0.39 is 0 Å². The first-order valence-electron chi connectivity index (χ1n) is 5.89. The highest BCUT2D eigenvalue weighted by Gasteiger charge is 2.45. The van der Waals surface area contributed by atoms with Crippen LogP contribution in [0.15, 0.2) is 24.5 Å². The zero-order valence-electron chi connectivity index (χ0n) is 9.56. The second-order valence-corrected chi connectivity index (χ2v) is 4.26. The van der Waals surface area contributed by atoms with Crippen LogP contribution < -0.4 is 0 Å². The van der Waals surface area contributed by atoms with Gasteiger partial charge in [-0.25, -0.2) is 0 Å². The molecule has 86 valence electrons. The monoisotopic (exact) mass is 219 g/mol. The summed E-state index contributed by atoms with van der Waals surface area (Å²) in [7, 11) is 0. The van der Waals surface area contributed by atoms with Crippen molar-refractivity contribution >= 4 is 5.97 Å². The summed E-state index contributed by atoms with van der Waals surface area (Å²) in [4.78, 5) is 15.7. The smallest absolute Gasteiger partial charge is 0.309 e. The molecule has 3 heteroatoms. The molecule has 0 spiro atoms. The number of esters is 1. The van der Waals surface area contributed by atoms with Crippen LogP contribution in [0.5, 0.6) is 0 Å². The fourth-order valence-electron chi connectivity index (χ4n) is 1.84. The molecule has 0 aromatic carbocycles. The van der Waals surface area contributed by atoms with Crippen molar-refractivity contribution in [1.29, 1.82) is 0 Å². The van der Waals surface area contributed by atoms with Gasteiger partial charge in [-0.1, -0.05) is 19.4 Å². The van der Waals surface area contributed by atoms with Crippen LogP contribution in [-0.2, 0) is 9.53 Å². The van der Waals surface area contributed by atoms with Gasteiger partial charge >= 0.3 is 5.97 Å². The second kappa shape index (κ2) is 5.10. The van der Waals surface area contributed by atoms with E-state index >= 15 is 0 Å². The van der Waals surface area contributed by atoms with Gasteiger partial charge < -0.3 is 4.74 Å². The predicted molar refractivity (Wildman–Crippen MR) is 61.0 cm³/mol.